The molecule has 1 aliphatic heterocycles. The summed E-state index contributed by atoms with van der Waals surface area (Å²) in [5.41, 5.74) is -0.915. The van der Waals surface area contributed by atoms with Crippen LogP contribution < -0.4 is 16.0 Å². The summed E-state index contributed by atoms with van der Waals surface area (Å²) in [6, 6.07) is 1.67. The molecule has 0 radical (unpaired) electrons. The summed E-state index contributed by atoms with van der Waals surface area (Å²) >= 11 is 0. The number of fused-ring (bicyclic) bond motifs is 3. The Morgan fingerprint density at radius 1 is 1.23 bits per heavy atom. The lowest BCUT2D eigenvalue weighted by Gasteiger charge is -2.53. The van der Waals surface area contributed by atoms with E-state index in [-0.39, 0.29) is 18.5 Å². The van der Waals surface area contributed by atoms with Gasteiger partial charge in [-0.3, -0.25) is 14.9 Å². The number of carbonyl (C=O) groups excluding carboxylic acids is 2. The van der Waals surface area contributed by atoms with E-state index in [1.165, 1.54) is 0 Å². The number of amides is 1. The number of nitrogens with one attached hydrogen (secondary N) is 3. The number of rotatable bonds is 7. The van der Waals surface area contributed by atoms with Crippen LogP contribution in [0.1, 0.15) is 44.9 Å². The summed E-state index contributed by atoms with van der Waals surface area (Å²) in [5.74, 6) is -1.07. The number of carbonyl (C=O) groups is 2. The minimum absolute atomic E-state index is 0.0319. The van der Waals surface area contributed by atoms with Crippen molar-refractivity contribution in [2.75, 3.05) is 19.8 Å². The van der Waals surface area contributed by atoms with Gasteiger partial charge in [-0.1, -0.05) is 0 Å². The van der Waals surface area contributed by atoms with E-state index in [0.29, 0.717) is 51.5 Å². The van der Waals surface area contributed by atoms with E-state index in [2.05, 4.69) is 22.0 Å². The van der Waals surface area contributed by atoms with Crippen LogP contribution in [0, 0.1) is 22.7 Å². The van der Waals surface area contributed by atoms with Gasteiger partial charge >= 0.3 is 0 Å². The number of ketones is 1. The lowest BCUT2D eigenvalue weighted by molar-refractivity contribution is -0.140. The van der Waals surface area contributed by atoms with E-state index < -0.39 is 35.6 Å². The highest BCUT2D eigenvalue weighted by Crippen LogP contribution is 2.52. The minimum Gasteiger partial charge on any atom is -0.353 e. The molecular formula is C18H26F2N4O2. The zero-order valence-electron chi connectivity index (χ0n) is 14.8. The molecule has 4 aliphatic rings. The Morgan fingerprint density at radius 2 is 1.88 bits per heavy atom. The van der Waals surface area contributed by atoms with Gasteiger partial charge in [0.15, 0.2) is 5.78 Å². The van der Waals surface area contributed by atoms with Gasteiger partial charge in [-0.2, -0.15) is 5.26 Å². The van der Waals surface area contributed by atoms with Crippen LogP contribution in [0.4, 0.5) is 8.78 Å². The van der Waals surface area contributed by atoms with Gasteiger partial charge in [-0.25, -0.2) is 8.78 Å². The summed E-state index contributed by atoms with van der Waals surface area (Å²) in [4.78, 5) is 24.7. The molecule has 3 aliphatic carbocycles. The Bertz CT molecular complexity index is 582. The Morgan fingerprint density at radius 3 is 2.42 bits per heavy atom. The average Bonchev–Trinajstić information content (AvgIpc) is 3.15. The Labute approximate surface area is 152 Å². The molecule has 1 unspecified atom stereocenters. The number of alkyl halides is 2. The third-order valence-corrected chi connectivity index (χ3v) is 6.48. The molecule has 4 rings (SSSR count). The van der Waals surface area contributed by atoms with Gasteiger partial charge in [0.25, 0.3) is 0 Å². The first-order chi connectivity index (χ1) is 12.4. The van der Waals surface area contributed by atoms with E-state index in [9.17, 15) is 18.4 Å². The molecule has 3 N–H and O–H groups in total. The second-order valence-electron chi connectivity index (χ2n) is 7.94. The highest BCUT2D eigenvalue weighted by Gasteiger charge is 2.53. The number of hydrogen-bond donors (Lipinski definition) is 3. The van der Waals surface area contributed by atoms with Crippen LogP contribution in [0.25, 0.3) is 0 Å². The maximum atomic E-state index is 14.6. The van der Waals surface area contributed by atoms with Crippen molar-refractivity contribution in [2.45, 2.75) is 62.8 Å². The molecule has 0 spiro atoms. The highest BCUT2D eigenvalue weighted by molar-refractivity contribution is 5.86. The van der Waals surface area contributed by atoms with Crippen LogP contribution in [-0.4, -0.2) is 49.3 Å². The van der Waals surface area contributed by atoms with E-state index in [4.69, 9.17) is 5.26 Å². The zero-order valence-corrected chi connectivity index (χ0v) is 14.8. The molecule has 1 saturated heterocycles. The third kappa shape index (κ3) is 3.60. The summed E-state index contributed by atoms with van der Waals surface area (Å²) in [7, 11) is 0. The molecule has 1 heterocycles. The van der Waals surface area contributed by atoms with Crippen molar-refractivity contribution >= 4 is 11.7 Å². The molecule has 0 aromatic rings. The van der Waals surface area contributed by atoms with Crippen LogP contribution in [-0.2, 0) is 9.59 Å². The predicted molar refractivity (Wildman–Crippen MR) is 90.4 cm³/mol. The van der Waals surface area contributed by atoms with Gasteiger partial charge < -0.3 is 10.6 Å². The number of hydrogen-bond acceptors (Lipinski definition) is 5. The molecule has 0 aromatic carbocycles. The topological polar surface area (TPSA) is 94.0 Å². The first-order valence-electron chi connectivity index (χ1n) is 9.36. The smallest absolute Gasteiger partial charge is 0.226 e. The van der Waals surface area contributed by atoms with Crippen LogP contribution in [0.5, 0.6) is 0 Å². The lowest BCUT2D eigenvalue weighted by Crippen LogP contribution is -2.61. The molecule has 6 nitrogen and oxygen atoms in total. The monoisotopic (exact) mass is 368 g/mol. The lowest BCUT2D eigenvalue weighted by atomic mass is 9.57. The molecule has 4 fully saturated rings. The van der Waals surface area contributed by atoms with Crippen LogP contribution >= 0.6 is 0 Å². The van der Waals surface area contributed by atoms with Crippen molar-refractivity contribution in [3.05, 3.63) is 0 Å². The first-order valence-corrected chi connectivity index (χ1v) is 9.36. The quantitative estimate of drug-likeness (QED) is 0.586. The van der Waals surface area contributed by atoms with E-state index in [1.807, 2.05) is 0 Å². The second-order valence-corrected chi connectivity index (χ2v) is 7.94. The van der Waals surface area contributed by atoms with Crippen molar-refractivity contribution in [3.8, 4) is 6.07 Å². The fourth-order valence-electron chi connectivity index (χ4n) is 4.69. The van der Waals surface area contributed by atoms with Gasteiger partial charge in [0.2, 0.25) is 12.2 Å². The zero-order chi connectivity index (χ0) is 18.8. The van der Waals surface area contributed by atoms with Crippen LogP contribution in [0.3, 0.4) is 0 Å². The normalized spacial score (nSPS) is 37.1. The molecule has 0 aromatic heterocycles. The van der Waals surface area contributed by atoms with Crippen molar-refractivity contribution in [1.82, 2.24) is 16.0 Å². The van der Waals surface area contributed by atoms with E-state index in [1.54, 1.807) is 0 Å². The SMILES string of the molecule is N#C[C@@H]1C[C@H](C(=O)C(F)NC23CCC(C(=O)NCCF)(CC2)CC3)CN1. The molecule has 26 heavy (non-hydrogen) atoms. The minimum atomic E-state index is -1.75. The van der Waals surface area contributed by atoms with Crippen molar-refractivity contribution < 1.29 is 18.4 Å². The average molecular weight is 368 g/mol. The number of halogens is 2. The van der Waals surface area contributed by atoms with Crippen molar-refractivity contribution in [1.29, 1.82) is 5.26 Å². The molecule has 3 atom stereocenters. The Hall–Kier alpha value is -1.59. The predicted octanol–water partition coefficient (Wildman–Crippen LogP) is 1.12. The molecular weight excluding hydrogens is 342 g/mol. The number of nitrogens with zero attached hydrogens (tertiary/aromatic N) is 1. The maximum absolute atomic E-state index is 14.6. The standard InChI is InChI=1S/C18H26F2N4O2/c19-7-8-22-16(26)17-1-4-18(5-2-17,6-3-17)24-15(20)14(25)12-9-13(10-21)23-11-12/h12-13,15,23-24H,1-9,11H2,(H,22,26)/t12-,13-,15?,17?,18?/m0/s1. The summed E-state index contributed by atoms with van der Waals surface area (Å²) in [6.45, 7) is -0.213. The number of Topliss-reactive ketones (excluding diaryl/α,β-unsaturated/α-hetero) is 1. The molecule has 3 saturated carbocycles. The number of nitriles is 1. The van der Waals surface area contributed by atoms with Gasteiger partial charge in [-0.15, -0.1) is 0 Å². The largest absolute Gasteiger partial charge is 0.353 e. The summed E-state index contributed by atoms with van der Waals surface area (Å²) < 4.78 is 26.9. The van der Waals surface area contributed by atoms with Crippen LogP contribution in [0.15, 0.2) is 0 Å². The fraction of sp³-hybridized carbons (Fsp3) is 0.833. The van der Waals surface area contributed by atoms with Gasteiger partial charge in [0, 0.05) is 30.0 Å². The molecule has 1 amide bonds. The van der Waals surface area contributed by atoms with Gasteiger partial charge in [-0.05, 0) is 44.9 Å². The van der Waals surface area contributed by atoms with Gasteiger partial charge in [0.1, 0.15) is 6.67 Å². The van der Waals surface area contributed by atoms with E-state index >= 15 is 0 Å². The summed E-state index contributed by atoms with van der Waals surface area (Å²) in [5, 5.41) is 17.4. The Balaban J connectivity index is 1.55. The third-order valence-electron chi connectivity index (χ3n) is 6.48. The second kappa shape index (κ2) is 7.57. The van der Waals surface area contributed by atoms with Crippen molar-refractivity contribution in [2.24, 2.45) is 11.3 Å². The van der Waals surface area contributed by atoms with Crippen molar-refractivity contribution in [3.63, 3.8) is 0 Å². The Kier molecular flexibility index (Phi) is 5.58. The highest BCUT2D eigenvalue weighted by atomic mass is 19.1. The van der Waals surface area contributed by atoms with Crippen LogP contribution in [0.2, 0.25) is 0 Å². The fourth-order valence-corrected chi connectivity index (χ4v) is 4.69. The first kappa shape index (κ1) is 19.2. The summed E-state index contributed by atoms with van der Waals surface area (Å²) in [6.07, 6.45) is 2.38. The molecule has 8 heteroatoms. The maximum Gasteiger partial charge on any atom is 0.226 e. The van der Waals surface area contributed by atoms with Gasteiger partial charge in [0.05, 0.1) is 12.1 Å². The molecule has 144 valence electrons. The van der Waals surface area contributed by atoms with E-state index in [0.717, 1.165) is 0 Å². The molecule has 2 bridgehead atoms.